The summed E-state index contributed by atoms with van der Waals surface area (Å²) in [6.45, 7) is 5.06. The summed E-state index contributed by atoms with van der Waals surface area (Å²) in [5.74, 6) is -0.628. The third kappa shape index (κ3) is 6.36. The van der Waals surface area contributed by atoms with Crippen LogP contribution < -0.4 is 10.2 Å². The first-order chi connectivity index (χ1) is 15.5. The maximum atomic E-state index is 13.3. The number of amides is 2. The van der Waals surface area contributed by atoms with Gasteiger partial charge in [-0.25, -0.2) is 4.39 Å². The van der Waals surface area contributed by atoms with Crippen molar-refractivity contribution in [1.29, 1.82) is 5.26 Å². The Morgan fingerprint density at radius 2 is 1.84 bits per heavy atom. The zero-order valence-corrected chi connectivity index (χ0v) is 18.2. The molecule has 7 nitrogen and oxygen atoms in total. The van der Waals surface area contributed by atoms with Gasteiger partial charge in [-0.1, -0.05) is 24.3 Å². The number of nitrogens with zero attached hydrogens (tertiary/aromatic N) is 4. The molecule has 0 radical (unpaired) electrons. The first-order valence-corrected chi connectivity index (χ1v) is 10.7. The Balaban J connectivity index is 1.51. The minimum atomic E-state index is -0.395. The SMILES string of the molecule is CC(C(=O)Nc1cccc(F)c1)N1CCN(CC(=O)N(CCC#N)c2ccccc2)CC1. The summed E-state index contributed by atoms with van der Waals surface area (Å²) in [6.07, 6.45) is 0.270. The number of para-hydroxylation sites is 1. The fraction of sp³-hybridized carbons (Fsp3) is 0.375. The summed E-state index contributed by atoms with van der Waals surface area (Å²) in [5, 5.41) is 11.7. The van der Waals surface area contributed by atoms with Crippen molar-refractivity contribution in [2.75, 3.05) is 49.5 Å². The van der Waals surface area contributed by atoms with Crippen molar-refractivity contribution >= 4 is 23.2 Å². The van der Waals surface area contributed by atoms with Crippen LogP contribution in [0.15, 0.2) is 54.6 Å². The number of benzene rings is 2. The van der Waals surface area contributed by atoms with Gasteiger partial charge in [-0.2, -0.15) is 5.26 Å². The molecule has 1 N–H and O–H groups in total. The van der Waals surface area contributed by atoms with Crippen LogP contribution in [0.3, 0.4) is 0 Å². The summed E-state index contributed by atoms with van der Waals surface area (Å²) in [4.78, 5) is 31.3. The highest BCUT2D eigenvalue weighted by atomic mass is 19.1. The number of piperazine rings is 1. The van der Waals surface area contributed by atoms with Crippen LogP contribution in [0.2, 0.25) is 0 Å². The highest BCUT2D eigenvalue weighted by Crippen LogP contribution is 2.16. The van der Waals surface area contributed by atoms with E-state index in [0.29, 0.717) is 38.4 Å². The number of hydrogen-bond acceptors (Lipinski definition) is 5. The van der Waals surface area contributed by atoms with E-state index in [9.17, 15) is 14.0 Å². The molecule has 1 aliphatic heterocycles. The topological polar surface area (TPSA) is 79.7 Å². The normalized spacial score (nSPS) is 15.5. The van der Waals surface area contributed by atoms with Crippen molar-refractivity contribution < 1.29 is 14.0 Å². The third-order valence-corrected chi connectivity index (χ3v) is 5.60. The van der Waals surface area contributed by atoms with Gasteiger partial charge >= 0.3 is 0 Å². The predicted octanol–water partition coefficient (Wildman–Crippen LogP) is 2.72. The lowest BCUT2D eigenvalue weighted by Crippen LogP contribution is -2.54. The average Bonchev–Trinajstić information content (AvgIpc) is 2.80. The molecule has 0 saturated carbocycles. The number of anilines is 2. The number of halogens is 1. The fourth-order valence-corrected chi connectivity index (χ4v) is 3.73. The van der Waals surface area contributed by atoms with E-state index in [1.54, 1.807) is 17.0 Å². The van der Waals surface area contributed by atoms with Crippen molar-refractivity contribution in [3.8, 4) is 6.07 Å². The van der Waals surface area contributed by atoms with Crippen molar-refractivity contribution in [3.05, 3.63) is 60.4 Å². The van der Waals surface area contributed by atoms with Crippen LogP contribution in [0.25, 0.3) is 0 Å². The van der Waals surface area contributed by atoms with Gasteiger partial charge in [0.25, 0.3) is 0 Å². The third-order valence-electron chi connectivity index (χ3n) is 5.60. The molecule has 0 bridgehead atoms. The van der Waals surface area contributed by atoms with Crippen LogP contribution in [0.4, 0.5) is 15.8 Å². The molecule has 0 aromatic heterocycles. The molecule has 1 fully saturated rings. The number of rotatable bonds is 8. The molecule has 32 heavy (non-hydrogen) atoms. The molecule has 1 aliphatic rings. The van der Waals surface area contributed by atoms with E-state index in [1.165, 1.54) is 12.1 Å². The van der Waals surface area contributed by atoms with Crippen LogP contribution in [0.5, 0.6) is 0 Å². The Morgan fingerprint density at radius 3 is 2.50 bits per heavy atom. The van der Waals surface area contributed by atoms with Gasteiger partial charge in [0.1, 0.15) is 5.82 Å². The van der Waals surface area contributed by atoms with E-state index in [1.807, 2.05) is 37.3 Å². The minimum Gasteiger partial charge on any atom is -0.325 e. The van der Waals surface area contributed by atoms with Crippen molar-refractivity contribution in [3.63, 3.8) is 0 Å². The Hall–Kier alpha value is -3.28. The second-order valence-electron chi connectivity index (χ2n) is 7.78. The molecule has 0 aliphatic carbocycles. The molecule has 168 valence electrons. The molecule has 1 heterocycles. The zero-order chi connectivity index (χ0) is 22.9. The second kappa shape index (κ2) is 11.4. The van der Waals surface area contributed by atoms with E-state index in [0.717, 1.165) is 5.69 Å². The number of carbonyl (C=O) groups excluding carboxylic acids is 2. The number of hydrogen-bond donors (Lipinski definition) is 1. The van der Waals surface area contributed by atoms with Crippen LogP contribution in [-0.2, 0) is 9.59 Å². The molecular weight excluding hydrogens is 409 g/mol. The molecule has 8 heteroatoms. The molecule has 1 unspecified atom stereocenters. The van der Waals surface area contributed by atoms with Crippen LogP contribution in [-0.4, -0.2) is 66.9 Å². The lowest BCUT2D eigenvalue weighted by molar-refractivity contribution is -0.123. The lowest BCUT2D eigenvalue weighted by atomic mass is 10.2. The first-order valence-electron chi connectivity index (χ1n) is 10.7. The van der Waals surface area contributed by atoms with E-state index in [2.05, 4.69) is 21.2 Å². The summed E-state index contributed by atoms with van der Waals surface area (Å²) in [5.41, 5.74) is 1.22. The van der Waals surface area contributed by atoms with Gasteiger partial charge in [0.15, 0.2) is 0 Å². The van der Waals surface area contributed by atoms with Crippen LogP contribution in [0.1, 0.15) is 13.3 Å². The van der Waals surface area contributed by atoms with Gasteiger partial charge in [-0.05, 0) is 37.3 Å². The first kappa shape index (κ1) is 23.4. The average molecular weight is 438 g/mol. The van der Waals surface area contributed by atoms with E-state index < -0.39 is 5.82 Å². The second-order valence-corrected chi connectivity index (χ2v) is 7.78. The Morgan fingerprint density at radius 1 is 1.12 bits per heavy atom. The number of nitriles is 1. The van der Waals surface area contributed by atoms with Gasteiger partial charge in [0, 0.05) is 44.1 Å². The zero-order valence-electron chi connectivity index (χ0n) is 18.2. The number of nitrogens with one attached hydrogen (secondary N) is 1. The monoisotopic (exact) mass is 437 g/mol. The Labute approximate surface area is 188 Å². The van der Waals surface area contributed by atoms with E-state index >= 15 is 0 Å². The van der Waals surface area contributed by atoms with Gasteiger partial charge in [-0.3, -0.25) is 19.4 Å². The van der Waals surface area contributed by atoms with Gasteiger partial charge in [0.05, 0.1) is 25.1 Å². The highest BCUT2D eigenvalue weighted by Gasteiger charge is 2.27. The van der Waals surface area contributed by atoms with E-state index in [4.69, 9.17) is 5.26 Å². The number of carbonyl (C=O) groups is 2. The molecule has 3 rings (SSSR count). The molecule has 2 aromatic carbocycles. The maximum absolute atomic E-state index is 13.3. The molecule has 2 aromatic rings. The largest absolute Gasteiger partial charge is 0.325 e. The van der Waals surface area contributed by atoms with Crippen molar-refractivity contribution in [2.45, 2.75) is 19.4 Å². The van der Waals surface area contributed by atoms with Crippen molar-refractivity contribution in [2.24, 2.45) is 0 Å². The smallest absolute Gasteiger partial charge is 0.241 e. The summed E-state index contributed by atoms with van der Waals surface area (Å²) in [6, 6.07) is 16.9. The molecule has 1 atom stereocenters. The van der Waals surface area contributed by atoms with Gasteiger partial charge < -0.3 is 10.2 Å². The summed E-state index contributed by atoms with van der Waals surface area (Å²) < 4.78 is 13.3. The van der Waals surface area contributed by atoms with Crippen molar-refractivity contribution in [1.82, 2.24) is 9.80 Å². The van der Waals surface area contributed by atoms with Gasteiger partial charge in [-0.15, -0.1) is 0 Å². The summed E-state index contributed by atoms with van der Waals surface area (Å²) >= 11 is 0. The van der Waals surface area contributed by atoms with Crippen LogP contribution in [0, 0.1) is 17.1 Å². The Kier molecular flexibility index (Phi) is 8.31. The molecule has 0 spiro atoms. The highest BCUT2D eigenvalue weighted by molar-refractivity contribution is 5.95. The van der Waals surface area contributed by atoms with Crippen LogP contribution >= 0.6 is 0 Å². The predicted molar refractivity (Wildman–Crippen MR) is 122 cm³/mol. The standard InChI is InChI=1S/C24H28FN5O2/c1-19(24(32)27-21-8-5-7-20(25)17-21)29-15-13-28(14-16-29)18-23(31)30(12-6-11-26)22-9-3-2-4-10-22/h2-5,7-10,17,19H,6,12-16,18H2,1H3,(H,27,32). The lowest BCUT2D eigenvalue weighted by Gasteiger charge is -2.37. The molecule has 1 saturated heterocycles. The maximum Gasteiger partial charge on any atom is 0.241 e. The minimum absolute atomic E-state index is 0.0446. The summed E-state index contributed by atoms with van der Waals surface area (Å²) in [7, 11) is 0. The van der Waals surface area contributed by atoms with Gasteiger partial charge in [0.2, 0.25) is 11.8 Å². The molecular formula is C24H28FN5O2. The van der Waals surface area contributed by atoms with E-state index in [-0.39, 0.29) is 30.8 Å². The fourth-order valence-electron chi connectivity index (χ4n) is 3.73. The molecule has 2 amide bonds. The Bertz CT molecular complexity index is 954. The quantitative estimate of drug-likeness (QED) is 0.687.